The van der Waals surface area contributed by atoms with Crippen LogP contribution in [0.2, 0.25) is 0 Å². The lowest BCUT2D eigenvalue weighted by atomic mass is 10.0. The van der Waals surface area contributed by atoms with Gasteiger partial charge >= 0.3 is 0 Å². The lowest BCUT2D eigenvalue weighted by molar-refractivity contribution is 0.543. The molecule has 2 nitrogen and oxygen atoms in total. The maximum atomic E-state index is 10.3. The van der Waals surface area contributed by atoms with E-state index >= 15 is 0 Å². The normalized spacial score (nSPS) is 12.5. The molecule has 1 radical (unpaired) electrons. The summed E-state index contributed by atoms with van der Waals surface area (Å²) in [4.78, 5) is 10.3. The molecule has 0 heterocycles. The summed E-state index contributed by atoms with van der Waals surface area (Å²) in [6, 6.07) is 9.43. The summed E-state index contributed by atoms with van der Waals surface area (Å²) in [5, 5.41) is 0. The zero-order valence-corrected chi connectivity index (χ0v) is 6.16. The van der Waals surface area contributed by atoms with Gasteiger partial charge in [0.1, 0.15) is 0 Å². The standard InChI is InChI=1S/C9H10NO/c10-6-9(7-11)8-4-2-1-3-5-8/h1-5,9H,6,10H2. The summed E-state index contributed by atoms with van der Waals surface area (Å²) in [6.07, 6.45) is 1.89. The third-order valence-electron chi connectivity index (χ3n) is 1.58. The molecule has 1 aromatic carbocycles. The Morgan fingerprint density at radius 2 is 2.00 bits per heavy atom. The molecule has 0 aromatic heterocycles. The molecule has 2 heteroatoms. The summed E-state index contributed by atoms with van der Waals surface area (Å²) >= 11 is 0. The van der Waals surface area contributed by atoms with E-state index in [1.165, 1.54) is 0 Å². The van der Waals surface area contributed by atoms with E-state index in [1.54, 1.807) is 0 Å². The van der Waals surface area contributed by atoms with Crippen molar-refractivity contribution in [3.05, 3.63) is 35.9 Å². The van der Waals surface area contributed by atoms with Crippen LogP contribution in [0.3, 0.4) is 0 Å². The summed E-state index contributed by atoms with van der Waals surface area (Å²) in [5.41, 5.74) is 6.29. The van der Waals surface area contributed by atoms with Gasteiger partial charge in [-0.05, 0) is 5.56 Å². The van der Waals surface area contributed by atoms with E-state index in [1.807, 2.05) is 36.6 Å². The molecule has 0 fully saturated rings. The van der Waals surface area contributed by atoms with E-state index in [0.29, 0.717) is 6.54 Å². The molecular formula is C9H10NO. The number of nitrogens with two attached hydrogens (primary N) is 1. The minimum absolute atomic E-state index is 0.267. The fraction of sp³-hybridized carbons (Fsp3) is 0.222. The van der Waals surface area contributed by atoms with Gasteiger partial charge in [-0.2, -0.15) is 0 Å². The highest BCUT2D eigenvalue weighted by atomic mass is 16.1. The fourth-order valence-corrected chi connectivity index (χ4v) is 0.938. The quantitative estimate of drug-likeness (QED) is 0.690. The smallest absolute Gasteiger partial charge is 0.207 e. The average molecular weight is 148 g/mol. The first-order chi connectivity index (χ1) is 5.38. The van der Waals surface area contributed by atoms with Crippen LogP contribution in [-0.2, 0) is 4.79 Å². The molecule has 2 N–H and O–H groups in total. The van der Waals surface area contributed by atoms with Gasteiger partial charge in [0.25, 0.3) is 0 Å². The molecule has 0 spiro atoms. The topological polar surface area (TPSA) is 43.1 Å². The molecule has 0 saturated heterocycles. The van der Waals surface area contributed by atoms with Crippen LogP contribution in [0.15, 0.2) is 30.3 Å². The first-order valence-corrected chi connectivity index (χ1v) is 3.51. The molecule has 1 rings (SSSR count). The molecule has 0 saturated carbocycles. The van der Waals surface area contributed by atoms with Crippen LogP contribution in [0.1, 0.15) is 11.5 Å². The maximum Gasteiger partial charge on any atom is 0.207 e. The molecule has 11 heavy (non-hydrogen) atoms. The lowest BCUT2D eigenvalue weighted by Crippen LogP contribution is -2.13. The minimum atomic E-state index is -0.267. The largest absolute Gasteiger partial charge is 0.329 e. The Bertz CT molecular complexity index is 220. The maximum absolute atomic E-state index is 10.3. The van der Waals surface area contributed by atoms with Crippen molar-refractivity contribution in [1.29, 1.82) is 0 Å². The van der Waals surface area contributed by atoms with E-state index in [-0.39, 0.29) is 5.92 Å². The van der Waals surface area contributed by atoms with Gasteiger partial charge < -0.3 is 5.73 Å². The van der Waals surface area contributed by atoms with Crippen molar-refractivity contribution < 1.29 is 4.79 Å². The Morgan fingerprint density at radius 3 is 2.45 bits per heavy atom. The summed E-state index contributed by atoms with van der Waals surface area (Å²) in [5.74, 6) is -0.267. The van der Waals surface area contributed by atoms with E-state index in [9.17, 15) is 4.79 Å². The highest BCUT2D eigenvalue weighted by molar-refractivity contribution is 5.63. The molecule has 0 bridgehead atoms. The van der Waals surface area contributed by atoms with Crippen molar-refractivity contribution in [2.24, 2.45) is 5.73 Å². The highest BCUT2D eigenvalue weighted by Crippen LogP contribution is 2.10. The number of benzene rings is 1. The van der Waals surface area contributed by atoms with Crippen LogP contribution in [0.25, 0.3) is 0 Å². The molecular weight excluding hydrogens is 138 g/mol. The van der Waals surface area contributed by atoms with E-state index in [2.05, 4.69) is 0 Å². The Hall–Kier alpha value is -1.15. The van der Waals surface area contributed by atoms with Crippen LogP contribution in [-0.4, -0.2) is 12.8 Å². The fourth-order valence-electron chi connectivity index (χ4n) is 0.938. The molecule has 0 aliphatic heterocycles. The second-order valence-corrected chi connectivity index (χ2v) is 2.32. The Morgan fingerprint density at radius 1 is 1.36 bits per heavy atom. The second kappa shape index (κ2) is 3.88. The van der Waals surface area contributed by atoms with Gasteiger partial charge in [-0.25, -0.2) is 0 Å². The van der Waals surface area contributed by atoms with Crippen molar-refractivity contribution in [3.63, 3.8) is 0 Å². The van der Waals surface area contributed by atoms with Crippen LogP contribution >= 0.6 is 0 Å². The van der Waals surface area contributed by atoms with Crippen LogP contribution in [0, 0.1) is 0 Å². The van der Waals surface area contributed by atoms with Crippen LogP contribution in [0.5, 0.6) is 0 Å². The average Bonchev–Trinajstić information content (AvgIpc) is 2.09. The molecule has 0 aliphatic rings. The van der Waals surface area contributed by atoms with E-state index < -0.39 is 0 Å². The molecule has 1 aromatic rings. The van der Waals surface area contributed by atoms with Crippen molar-refractivity contribution in [2.75, 3.05) is 6.54 Å². The van der Waals surface area contributed by atoms with Gasteiger partial charge in [-0.3, -0.25) is 4.79 Å². The Kier molecular flexibility index (Phi) is 2.81. The second-order valence-electron chi connectivity index (χ2n) is 2.32. The van der Waals surface area contributed by atoms with Gasteiger partial charge in [-0.1, -0.05) is 30.3 Å². The minimum Gasteiger partial charge on any atom is -0.329 e. The molecule has 1 atom stereocenters. The number of hydrogen-bond acceptors (Lipinski definition) is 2. The summed E-state index contributed by atoms with van der Waals surface area (Å²) < 4.78 is 0. The third kappa shape index (κ3) is 1.88. The predicted octanol–water partition coefficient (Wildman–Crippen LogP) is 0.839. The van der Waals surface area contributed by atoms with Gasteiger partial charge in [0.2, 0.25) is 6.29 Å². The van der Waals surface area contributed by atoms with Gasteiger partial charge in [0, 0.05) is 6.54 Å². The number of carbonyl (C=O) groups excluding carboxylic acids is 1. The van der Waals surface area contributed by atoms with Gasteiger partial charge in [0.15, 0.2) is 0 Å². The van der Waals surface area contributed by atoms with E-state index in [0.717, 1.165) is 5.56 Å². The van der Waals surface area contributed by atoms with Crippen molar-refractivity contribution in [2.45, 2.75) is 5.92 Å². The van der Waals surface area contributed by atoms with Crippen molar-refractivity contribution in [1.82, 2.24) is 0 Å². The molecule has 0 aliphatic carbocycles. The summed E-state index contributed by atoms with van der Waals surface area (Å²) in [6.45, 7) is 0.327. The van der Waals surface area contributed by atoms with Gasteiger partial charge in [0.05, 0.1) is 5.92 Å². The zero-order valence-electron chi connectivity index (χ0n) is 6.16. The SMILES string of the molecule is NCC([C]=O)c1ccccc1. The Balaban J connectivity index is 2.82. The number of hydrogen-bond donors (Lipinski definition) is 1. The van der Waals surface area contributed by atoms with Gasteiger partial charge in [-0.15, -0.1) is 0 Å². The predicted molar refractivity (Wildman–Crippen MR) is 43.9 cm³/mol. The third-order valence-corrected chi connectivity index (χ3v) is 1.58. The number of rotatable bonds is 3. The van der Waals surface area contributed by atoms with Crippen molar-refractivity contribution >= 4 is 6.29 Å². The molecule has 0 amide bonds. The van der Waals surface area contributed by atoms with Crippen LogP contribution in [0.4, 0.5) is 0 Å². The van der Waals surface area contributed by atoms with E-state index in [4.69, 9.17) is 5.73 Å². The highest BCUT2D eigenvalue weighted by Gasteiger charge is 2.06. The van der Waals surface area contributed by atoms with Crippen molar-refractivity contribution in [3.8, 4) is 0 Å². The Labute approximate surface area is 66.0 Å². The first kappa shape index (κ1) is 7.95. The summed E-state index contributed by atoms with van der Waals surface area (Å²) in [7, 11) is 0. The molecule has 1 unspecified atom stereocenters. The van der Waals surface area contributed by atoms with Crippen LogP contribution < -0.4 is 5.73 Å². The lowest BCUT2D eigenvalue weighted by Gasteiger charge is -2.04. The zero-order chi connectivity index (χ0) is 8.10. The first-order valence-electron chi connectivity index (χ1n) is 3.51. The molecule has 57 valence electrons. The monoisotopic (exact) mass is 148 g/mol.